The summed E-state index contributed by atoms with van der Waals surface area (Å²) in [4.78, 5) is 13.6. The molecule has 2 heterocycles. The number of carbonyl (C=O) groups is 1. The summed E-state index contributed by atoms with van der Waals surface area (Å²) in [7, 11) is 1.92. The largest absolute Gasteiger partial charge is 0.465 e. The van der Waals surface area contributed by atoms with Gasteiger partial charge < -0.3 is 4.74 Å². The first-order valence-electron chi connectivity index (χ1n) is 6.75. The normalized spacial score (nSPS) is 16.2. The monoisotopic (exact) mass is 263 g/mol. The number of esters is 1. The van der Waals surface area contributed by atoms with E-state index in [0.717, 1.165) is 25.9 Å². The SMILES string of the molecule is CCCOC(=O)CN1CC=C(c2cnn(C)c2)CC1. The van der Waals surface area contributed by atoms with E-state index in [9.17, 15) is 4.79 Å². The van der Waals surface area contributed by atoms with Crippen molar-refractivity contribution in [2.45, 2.75) is 19.8 Å². The van der Waals surface area contributed by atoms with Gasteiger partial charge in [0.15, 0.2) is 0 Å². The van der Waals surface area contributed by atoms with Gasteiger partial charge in [-0.05, 0) is 18.4 Å². The minimum absolute atomic E-state index is 0.125. The molecule has 104 valence electrons. The van der Waals surface area contributed by atoms with Gasteiger partial charge in [0.05, 0.1) is 19.3 Å². The van der Waals surface area contributed by atoms with Crippen LogP contribution in [0.3, 0.4) is 0 Å². The zero-order chi connectivity index (χ0) is 13.7. The quantitative estimate of drug-likeness (QED) is 0.755. The predicted molar refractivity (Wildman–Crippen MR) is 73.5 cm³/mol. The molecule has 2 rings (SSSR count). The van der Waals surface area contributed by atoms with Crippen LogP contribution < -0.4 is 0 Å². The number of rotatable bonds is 5. The highest BCUT2D eigenvalue weighted by Gasteiger charge is 2.16. The van der Waals surface area contributed by atoms with E-state index in [1.54, 1.807) is 0 Å². The Morgan fingerprint density at radius 1 is 1.53 bits per heavy atom. The van der Waals surface area contributed by atoms with Crippen molar-refractivity contribution in [3.63, 3.8) is 0 Å². The molecule has 5 heteroatoms. The van der Waals surface area contributed by atoms with Crippen LogP contribution in [0.4, 0.5) is 0 Å². The van der Waals surface area contributed by atoms with Gasteiger partial charge in [-0.2, -0.15) is 5.10 Å². The van der Waals surface area contributed by atoms with E-state index in [-0.39, 0.29) is 5.97 Å². The maximum Gasteiger partial charge on any atom is 0.320 e. The van der Waals surface area contributed by atoms with Crippen molar-refractivity contribution >= 4 is 11.5 Å². The topological polar surface area (TPSA) is 47.4 Å². The highest BCUT2D eigenvalue weighted by atomic mass is 16.5. The van der Waals surface area contributed by atoms with Crippen molar-refractivity contribution in [1.29, 1.82) is 0 Å². The molecule has 0 spiro atoms. The maximum atomic E-state index is 11.5. The van der Waals surface area contributed by atoms with E-state index >= 15 is 0 Å². The molecule has 0 atom stereocenters. The number of hydrogen-bond donors (Lipinski definition) is 0. The van der Waals surface area contributed by atoms with E-state index in [0.29, 0.717) is 13.2 Å². The van der Waals surface area contributed by atoms with Gasteiger partial charge >= 0.3 is 5.97 Å². The van der Waals surface area contributed by atoms with Crippen LogP contribution in [0.25, 0.3) is 5.57 Å². The third-order valence-electron chi connectivity index (χ3n) is 3.19. The number of carbonyl (C=O) groups excluding carboxylic acids is 1. The molecule has 1 aliphatic heterocycles. The summed E-state index contributed by atoms with van der Waals surface area (Å²) < 4.78 is 6.90. The molecular formula is C14H21N3O2. The average Bonchev–Trinajstić information content (AvgIpc) is 2.84. The van der Waals surface area contributed by atoms with Gasteiger partial charge in [-0.3, -0.25) is 14.4 Å². The summed E-state index contributed by atoms with van der Waals surface area (Å²) in [6.45, 7) is 4.59. The fraction of sp³-hybridized carbons (Fsp3) is 0.571. The minimum atomic E-state index is -0.125. The molecular weight excluding hydrogens is 242 g/mol. The number of nitrogens with zero attached hydrogens (tertiary/aromatic N) is 3. The van der Waals surface area contributed by atoms with Gasteiger partial charge in [0.2, 0.25) is 0 Å². The van der Waals surface area contributed by atoms with E-state index in [1.165, 1.54) is 11.1 Å². The first kappa shape index (κ1) is 13.8. The predicted octanol–water partition coefficient (Wildman–Crippen LogP) is 1.46. The maximum absolute atomic E-state index is 11.5. The van der Waals surface area contributed by atoms with Crippen LogP contribution in [0.5, 0.6) is 0 Å². The molecule has 1 aromatic rings. The van der Waals surface area contributed by atoms with Crippen LogP contribution in [0.2, 0.25) is 0 Å². The Hall–Kier alpha value is -1.62. The summed E-state index contributed by atoms with van der Waals surface area (Å²) in [6, 6.07) is 0. The molecule has 0 saturated carbocycles. The van der Waals surface area contributed by atoms with Crippen LogP contribution >= 0.6 is 0 Å². The van der Waals surface area contributed by atoms with Crippen LogP contribution in [-0.2, 0) is 16.6 Å². The Morgan fingerprint density at radius 3 is 2.95 bits per heavy atom. The van der Waals surface area contributed by atoms with Crippen LogP contribution in [0.15, 0.2) is 18.5 Å². The van der Waals surface area contributed by atoms with Crippen molar-refractivity contribution in [3.8, 4) is 0 Å². The Balaban J connectivity index is 1.84. The van der Waals surface area contributed by atoms with Crippen molar-refractivity contribution in [1.82, 2.24) is 14.7 Å². The summed E-state index contributed by atoms with van der Waals surface area (Å²) in [6.07, 6.45) is 7.91. The van der Waals surface area contributed by atoms with Gasteiger partial charge in [-0.15, -0.1) is 0 Å². The van der Waals surface area contributed by atoms with Crippen molar-refractivity contribution < 1.29 is 9.53 Å². The van der Waals surface area contributed by atoms with Crippen LogP contribution in [-0.4, -0.2) is 46.9 Å². The lowest BCUT2D eigenvalue weighted by Crippen LogP contribution is -2.34. The summed E-state index contributed by atoms with van der Waals surface area (Å²) >= 11 is 0. The molecule has 0 unspecified atom stereocenters. The average molecular weight is 263 g/mol. The number of hydrogen-bond acceptors (Lipinski definition) is 4. The molecule has 0 aromatic carbocycles. The third kappa shape index (κ3) is 3.92. The van der Waals surface area contributed by atoms with Gasteiger partial charge in [0.1, 0.15) is 0 Å². The Labute approximate surface area is 113 Å². The fourth-order valence-corrected chi connectivity index (χ4v) is 2.15. The summed E-state index contributed by atoms with van der Waals surface area (Å²) in [5.41, 5.74) is 2.49. The lowest BCUT2D eigenvalue weighted by Gasteiger charge is -2.24. The van der Waals surface area contributed by atoms with Gasteiger partial charge in [0, 0.05) is 31.9 Å². The second-order valence-corrected chi connectivity index (χ2v) is 4.84. The molecule has 5 nitrogen and oxygen atoms in total. The van der Waals surface area contributed by atoms with Gasteiger partial charge in [-0.25, -0.2) is 0 Å². The van der Waals surface area contributed by atoms with E-state index in [4.69, 9.17) is 4.74 Å². The second kappa shape index (κ2) is 6.52. The van der Waals surface area contributed by atoms with Crippen LogP contribution in [0.1, 0.15) is 25.3 Å². The molecule has 1 aromatic heterocycles. The first-order chi connectivity index (χ1) is 9.19. The van der Waals surface area contributed by atoms with E-state index in [2.05, 4.69) is 16.1 Å². The molecule has 0 amide bonds. The van der Waals surface area contributed by atoms with Crippen LogP contribution in [0, 0.1) is 0 Å². The summed E-state index contributed by atoms with van der Waals surface area (Å²) in [5.74, 6) is -0.125. The molecule has 0 bridgehead atoms. The van der Waals surface area contributed by atoms with Gasteiger partial charge in [-0.1, -0.05) is 13.0 Å². The number of aromatic nitrogens is 2. The highest BCUT2D eigenvalue weighted by Crippen LogP contribution is 2.21. The highest BCUT2D eigenvalue weighted by molar-refractivity contribution is 5.72. The lowest BCUT2D eigenvalue weighted by molar-refractivity contribution is -0.144. The number of aryl methyl sites for hydroxylation is 1. The Morgan fingerprint density at radius 2 is 2.37 bits per heavy atom. The zero-order valence-corrected chi connectivity index (χ0v) is 11.6. The zero-order valence-electron chi connectivity index (χ0n) is 11.6. The number of ether oxygens (including phenoxy) is 1. The Bertz CT molecular complexity index is 465. The van der Waals surface area contributed by atoms with Crippen molar-refractivity contribution in [3.05, 3.63) is 24.0 Å². The molecule has 1 aliphatic rings. The summed E-state index contributed by atoms with van der Waals surface area (Å²) in [5, 5.41) is 4.18. The smallest absolute Gasteiger partial charge is 0.320 e. The van der Waals surface area contributed by atoms with E-state index < -0.39 is 0 Å². The van der Waals surface area contributed by atoms with Gasteiger partial charge in [0.25, 0.3) is 0 Å². The third-order valence-corrected chi connectivity index (χ3v) is 3.19. The molecule has 0 radical (unpaired) electrons. The standard InChI is InChI=1S/C14H21N3O2/c1-3-8-19-14(18)11-17-6-4-12(5-7-17)13-9-15-16(2)10-13/h4,9-10H,3,5-8,11H2,1-2H3. The molecule has 19 heavy (non-hydrogen) atoms. The molecule has 0 aliphatic carbocycles. The first-order valence-corrected chi connectivity index (χ1v) is 6.75. The Kier molecular flexibility index (Phi) is 4.74. The lowest BCUT2D eigenvalue weighted by atomic mass is 10.0. The van der Waals surface area contributed by atoms with E-state index in [1.807, 2.05) is 31.0 Å². The van der Waals surface area contributed by atoms with Crippen molar-refractivity contribution in [2.75, 3.05) is 26.2 Å². The molecule has 0 saturated heterocycles. The molecule has 0 N–H and O–H groups in total. The minimum Gasteiger partial charge on any atom is -0.465 e. The fourth-order valence-electron chi connectivity index (χ4n) is 2.15. The van der Waals surface area contributed by atoms with Crippen molar-refractivity contribution in [2.24, 2.45) is 7.05 Å². The second-order valence-electron chi connectivity index (χ2n) is 4.84. The molecule has 0 fully saturated rings.